The molecule has 5 heteroatoms. The fourth-order valence-electron chi connectivity index (χ4n) is 2.68. The van der Waals surface area contributed by atoms with Crippen molar-refractivity contribution in [3.8, 4) is 0 Å². The first-order valence-corrected chi connectivity index (χ1v) is 9.34. The summed E-state index contributed by atoms with van der Waals surface area (Å²) in [5.41, 5.74) is 3.57. The maximum atomic E-state index is 5.80. The Hall–Kier alpha value is -2.37. The largest absolute Gasteiger partial charge is 0.380 e. The van der Waals surface area contributed by atoms with Crippen molar-refractivity contribution in [3.63, 3.8) is 0 Å². The van der Waals surface area contributed by atoms with Gasteiger partial charge >= 0.3 is 0 Å². The first-order chi connectivity index (χ1) is 13.2. The molecular weight excluding hydrogens is 338 g/mol. The molecule has 146 valence electrons. The van der Waals surface area contributed by atoms with E-state index in [0.717, 1.165) is 19.0 Å². The quantitative estimate of drug-likeness (QED) is 0.498. The molecule has 2 aromatic rings. The highest BCUT2D eigenvalue weighted by molar-refractivity contribution is 5.79. The van der Waals surface area contributed by atoms with Gasteiger partial charge in [-0.05, 0) is 22.6 Å². The topological polar surface area (TPSA) is 54.9 Å². The lowest BCUT2D eigenvalue weighted by atomic mass is 10.1. The Bertz CT molecular complexity index is 689. The first kappa shape index (κ1) is 20.9. The van der Waals surface area contributed by atoms with E-state index >= 15 is 0 Å². The van der Waals surface area contributed by atoms with Gasteiger partial charge in [-0.3, -0.25) is 4.99 Å². The molecule has 0 amide bonds. The molecular formula is C22H31N3O2. The van der Waals surface area contributed by atoms with Crippen LogP contribution in [0.15, 0.2) is 59.6 Å². The summed E-state index contributed by atoms with van der Waals surface area (Å²) in [6.45, 7) is 5.67. The van der Waals surface area contributed by atoms with Crippen molar-refractivity contribution in [2.45, 2.75) is 26.7 Å². The molecule has 2 aromatic carbocycles. The zero-order valence-corrected chi connectivity index (χ0v) is 16.6. The summed E-state index contributed by atoms with van der Waals surface area (Å²) in [6, 6.07) is 18.6. The van der Waals surface area contributed by atoms with Crippen LogP contribution in [0.4, 0.5) is 0 Å². The van der Waals surface area contributed by atoms with Crippen LogP contribution in [0, 0.1) is 5.92 Å². The molecule has 0 bridgehead atoms. The van der Waals surface area contributed by atoms with Crippen LogP contribution in [0.5, 0.6) is 0 Å². The van der Waals surface area contributed by atoms with E-state index in [-0.39, 0.29) is 0 Å². The van der Waals surface area contributed by atoms with Gasteiger partial charge in [-0.1, -0.05) is 61.5 Å². The summed E-state index contributed by atoms with van der Waals surface area (Å²) in [4.78, 5) is 4.29. The van der Waals surface area contributed by atoms with Gasteiger partial charge in [0.2, 0.25) is 0 Å². The minimum atomic E-state index is 0.386. The second-order valence-electron chi connectivity index (χ2n) is 6.67. The van der Waals surface area contributed by atoms with E-state index in [1.54, 1.807) is 14.2 Å². The maximum Gasteiger partial charge on any atom is 0.191 e. The summed E-state index contributed by atoms with van der Waals surface area (Å²) in [5, 5.41) is 6.71. The van der Waals surface area contributed by atoms with Crippen LogP contribution >= 0.6 is 0 Å². The molecule has 2 N–H and O–H groups in total. The Balaban J connectivity index is 1.68. The Morgan fingerprint density at radius 1 is 0.963 bits per heavy atom. The molecule has 0 aliphatic carbocycles. The van der Waals surface area contributed by atoms with Gasteiger partial charge in [0.05, 0.1) is 19.8 Å². The van der Waals surface area contributed by atoms with Crippen molar-refractivity contribution in [2.24, 2.45) is 10.9 Å². The van der Waals surface area contributed by atoms with E-state index in [0.29, 0.717) is 25.7 Å². The lowest BCUT2D eigenvalue weighted by Crippen LogP contribution is -2.39. The number of nitrogens with one attached hydrogen (secondary N) is 2. The lowest BCUT2D eigenvalue weighted by Gasteiger charge is -2.16. The van der Waals surface area contributed by atoms with Crippen LogP contribution in [-0.2, 0) is 29.2 Å². The number of hydrogen-bond acceptors (Lipinski definition) is 3. The van der Waals surface area contributed by atoms with E-state index in [9.17, 15) is 0 Å². The molecule has 0 saturated heterocycles. The monoisotopic (exact) mass is 369 g/mol. The molecule has 0 fully saturated rings. The summed E-state index contributed by atoms with van der Waals surface area (Å²) in [7, 11) is 3.49. The van der Waals surface area contributed by atoms with Crippen molar-refractivity contribution in [3.05, 3.63) is 71.3 Å². The predicted octanol–water partition coefficient (Wildman–Crippen LogP) is 3.35. The molecule has 0 aromatic heterocycles. The standard InChI is InChI=1S/C22H31N3O2/c1-18(15-27-17-19-8-5-4-6-9-19)13-24-22(23-2)25-14-20-10-7-11-21(12-20)16-26-3/h4-12,18H,13-17H2,1-3H3,(H2,23,24,25). The summed E-state index contributed by atoms with van der Waals surface area (Å²) in [6.07, 6.45) is 0. The Morgan fingerprint density at radius 3 is 2.44 bits per heavy atom. The van der Waals surface area contributed by atoms with Gasteiger partial charge < -0.3 is 20.1 Å². The molecule has 0 aliphatic rings. The fourth-order valence-corrected chi connectivity index (χ4v) is 2.68. The van der Waals surface area contributed by atoms with Gasteiger partial charge in [-0.2, -0.15) is 0 Å². The predicted molar refractivity (Wildman–Crippen MR) is 111 cm³/mol. The van der Waals surface area contributed by atoms with Crippen LogP contribution in [0.25, 0.3) is 0 Å². The number of rotatable bonds is 10. The number of guanidine groups is 1. The minimum Gasteiger partial charge on any atom is -0.380 e. The van der Waals surface area contributed by atoms with Gasteiger partial charge in [-0.15, -0.1) is 0 Å². The van der Waals surface area contributed by atoms with E-state index in [1.807, 2.05) is 24.3 Å². The molecule has 1 atom stereocenters. The van der Waals surface area contributed by atoms with Gasteiger partial charge in [-0.25, -0.2) is 0 Å². The number of nitrogens with zero attached hydrogens (tertiary/aromatic N) is 1. The molecule has 0 saturated carbocycles. The van der Waals surface area contributed by atoms with Crippen LogP contribution in [0.3, 0.4) is 0 Å². The van der Waals surface area contributed by atoms with Crippen molar-refractivity contribution in [1.82, 2.24) is 10.6 Å². The second kappa shape index (κ2) is 12.1. The smallest absolute Gasteiger partial charge is 0.191 e. The molecule has 0 heterocycles. The molecule has 0 spiro atoms. The zero-order chi connectivity index (χ0) is 19.3. The van der Waals surface area contributed by atoms with Gasteiger partial charge in [0.15, 0.2) is 5.96 Å². The average Bonchev–Trinajstić information content (AvgIpc) is 2.69. The third-order valence-corrected chi connectivity index (χ3v) is 4.12. The van der Waals surface area contributed by atoms with Crippen molar-refractivity contribution < 1.29 is 9.47 Å². The van der Waals surface area contributed by atoms with E-state index < -0.39 is 0 Å². The number of hydrogen-bond donors (Lipinski definition) is 2. The molecule has 0 radical (unpaired) electrons. The van der Waals surface area contributed by atoms with Crippen LogP contribution in [0.1, 0.15) is 23.6 Å². The SMILES string of the molecule is CN=C(NCc1cccc(COC)c1)NCC(C)COCc1ccccc1. The summed E-state index contributed by atoms with van der Waals surface area (Å²) >= 11 is 0. The van der Waals surface area contributed by atoms with E-state index in [4.69, 9.17) is 9.47 Å². The number of aliphatic imine (C=N–C) groups is 1. The molecule has 2 rings (SSSR count). The van der Waals surface area contributed by atoms with Crippen LogP contribution in [0.2, 0.25) is 0 Å². The Labute approximate surface area is 162 Å². The molecule has 27 heavy (non-hydrogen) atoms. The van der Waals surface area contributed by atoms with Gasteiger partial charge in [0.25, 0.3) is 0 Å². The maximum absolute atomic E-state index is 5.80. The normalized spacial score (nSPS) is 12.6. The number of benzene rings is 2. The van der Waals surface area contributed by atoms with Gasteiger partial charge in [0, 0.05) is 27.2 Å². The highest BCUT2D eigenvalue weighted by Gasteiger charge is 2.05. The third kappa shape index (κ3) is 8.24. The van der Waals surface area contributed by atoms with Crippen LogP contribution in [-0.4, -0.2) is 33.3 Å². The highest BCUT2D eigenvalue weighted by atomic mass is 16.5. The highest BCUT2D eigenvalue weighted by Crippen LogP contribution is 2.06. The van der Waals surface area contributed by atoms with Crippen molar-refractivity contribution in [2.75, 3.05) is 27.3 Å². The average molecular weight is 370 g/mol. The third-order valence-electron chi connectivity index (χ3n) is 4.12. The summed E-state index contributed by atoms with van der Waals surface area (Å²) in [5.74, 6) is 1.18. The van der Waals surface area contributed by atoms with Crippen molar-refractivity contribution >= 4 is 5.96 Å². The number of methoxy groups -OCH3 is 1. The number of ether oxygens (including phenoxy) is 2. The molecule has 5 nitrogen and oxygen atoms in total. The molecule has 1 unspecified atom stereocenters. The van der Waals surface area contributed by atoms with Gasteiger partial charge in [0.1, 0.15) is 0 Å². The zero-order valence-electron chi connectivity index (χ0n) is 16.6. The fraction of sp³-hybridized carbons (Fsp3) is 0.409. The lowest BCUT2D eigenvalue weighted by molar-refractivity contribution is 0.0931. The van der Waals surface area contributed by atoms with E-state index in [1.165, 1.54) is 16.7 Å². The Morgan fingerprint density at radius 2 is 1.70 bits per heavy atom. The van der Waals surface area contributed by atoms with Crippen LogP contribution < -0.4 is 10.6 Å². The second-order valence-corrected chi connectivity index (χ2v) is 6.67. The molecule has 0 aliphatic heterocycles. The van der Waals surface area contributed by atoms with Crippen molar-refractivity contribution in [1.29, 1.82) is 0 Å². The summed E-state index contributed by atoms with van der Waals surface area (Å²) < 4.78 is 11.0. The minimum absolute atomic E-state index is 0.386. The Kier molecular flexibility index (Phi) is 9.38. The van der Waals surface area contributed by atoms with E-state index in [2.05, 4.69) is 52.9 Å². The first-order valence-electron chi connectivity index (χ1n) is 9.34.